The van der Waals surface area contributed by atoms with Gasteiger partial charge >= 0.3 is 0 Å². The van der Waals surface area contributed by atoms with Gasteiger partial charge in [0, 0.05) is 36.5 Å². The smallest absolute Gasteiger partial charge is 0.134 e. The van der Waals surface area contributed by atoms with Crippen LogP contribution < -0.4 is 5.43 Å². The Labute approximate surface area is 114 Å². The highest BCUT2D eigenvalue weighted by atomic mass is 32.1. The second kappa shape index (κ2) is 12.0. The van der Waals surface area contributed by atoms with Gasteiger partial charge in [0.1, 0.15) is 5.01 Å². The van der Waals surface area contributed by atoms with Gasteiger partial charge in [0.15, 0.2) is 0 Å². The summed E-state index contributed by atoms with van der Waals surface area (Å²) in [6.07, 6.45) is 10.3. The van der Waals surface area contributed by atoms with Crippen molar-refractivity contribution in [2.75, 3.05) is 6.54 Å². The minimum Gasteiger partial charge on any atom is -0.290 e. The summed E-state index contributed by atoms with van der Waals surface area (Å²) < 4.78 is 0. The maximum absolute atomic E-state index is 4.12. The summed E-state index contributed by atoms with van der Waals surface area (Å²) in [4.78, 5) is 9.43. The van der Waals surface area contributed by atoms with Crippen LogP contribution in [0.4, 0.5) is 0 Å². The van der Waals surface area contributed by atoms with Crippen molar-refractivity contribution in [3.63, 3.8) is 0 Å². The SMILES string of the molecule is C1=CNN=CC1.CC.CCN=Cc1ncc(C)s1. The summed E-state index contributed by atoms with van der Waals surface area (Å²) in [5.74, 6) is 0. The lowest BCUT2D eigenvalue weighted by molar-refractivity contribution is 0.947. The Morgan fingerprint density at radius 3 is 2.61 bits per heavy atom. The van der Waals surface area contributed by atoms with Crippen molar-refractivity contribution in [2.24, 2.45) is 10.1 Å². The van der Waals surface area contributed by atoms with Crippen LogP contribution in [0.25, 0.3) is 0 Å². The van der Waals surface area contributed by atoms with Gasteiger partial charge in [0.25, 0.3) is 0 Å². The van der Waals surface area contributed by atoms with E-state index in [1.807, 2.05) is 58.6 Å². The van der Waals surface area contributed by atoms with Gasteiger partial charge in [0.05, 0.1) is 6.21 Å². The molecule has 0 unspecified atom stereocenters. The van der Waals surface area contributed by atoms with Gasteiger partial charge < -0.3 is 0 Å². The lowest BCUT2D eigenvalue weighted by atomic mass is 10.4. The highest BCUT2D eigenvalue weighted by molar-refractivity contribution is 7.13. The van der Waals surface area contributed by atoms with Crippen LogP contribution in [0.1, 0.15) is 37.1 Å². The Hall–Kier alpha value is -1.49. The highest BCUT2D eigenvalue weighted by Gasteiger charge is 1.91. The van der Waals surface area contributed by atoms with Crippen LogP contribution >= 0.6 is 11.3 Å². The van der Waals surface area contributed by atoms with Gasteiger partial charge in [-0.25, -0.2) is 4.98 Å². The number of rotatable bonds is 2. The molecule has 18 heavy (non-hydrogen) atoms. The third-order valence-electron chi connectivity index (χ3n) is 1.62. The summed E-state index contributed by atoms with van der Waals surface area (Å²) in [5.41, 5.74) is 2.67. The lowest BCUT2D eigenvalue weighted by Gasteiger charge is -1.91. The zero-order valence-corrected chi connectivity index (χ0v) is 12.4. The molecule has 1 aromatic heterocycles. The molecule has 2 rings (SSSR count). The van der Waals surface area contributed by atoms with Crippen LogP contribution in [0, 0.1) is 6.92 Å². The number of hydrogen-bond donors (Lipinski definition) is 1. The molecule has 1 aliphatic heterocycles. The molecule has 0 saturated heterocycles. The maximum atomic E-state index is 4.12. The molecule has 5 heteroatoms. The van der Waals surface area contributed by atoms with E-state index in [9.17, 15) is 0 Å². The fraction of sp³-hybridized carbons (Fsp3) is 0.462. The normalized spacial score (nSPS) is 12.2. The van der Waals surface area contributed by atoms with E-state index in [2.05, 4.69) is 20.5 Å². The van der Waals surface area contributed by atoms with E-state index < -0.39 is 0 Å². The summed E-state index contributed by atoms with van der Waals surface area (Å²) in [7, 11) is 0. The standard InChI is InChI=1S/C7H10N2S.C4H6N2.C2H6/c1-3-8-5-7-9-4-6(2)10-7;1-2-4-6-5-3-1;1-2/h4-5H,3H2,1-2H3;1,3-5H,2H2;1-2H3. The molecule has 0 spiro atoms. The molecule has 100 valence electrons. The van der Waals surface area contributed by atoms with E-state index in [1.165, 1.54) is 4.88 Å². The van der Waals surface area contributed by atoms with Gasteiger partial charge in [0.2, 0.25) is 0 Å². The number of thiazole rings is 1. The van der Waals surface area contributed by atoms with E-state index >= 15 is 0 Å². The Morgan fingerprint density at radius 2 is 2.28 bits per heavy atom. The minimum absolute atomic E-state index is 0.832. The van der Waals surface area contributed by atoms with E-state index in [4.69, 9.17) is 0 Å². The van der Waals surface area contributed by atoms with E-state index in [0.717, 1.165) is 18.0 Å². The topological polar surface area (TPSA) is 49.6 Å². The van der Waals surface area contributed by atoms with Crippen molar-refractivity contribution in [3.05, 3.63) is 28.4 Å². The molecule has 1 N–H and O–H groups in total. The fourth-order valence-corrected chi connectivity index (χ4v) is 1.60. The van der Waals surface area contributed by atoms with Crippen molar-refractivity contribution in [1.82, 2.24) is 10.4 Å². The minimum atomic E-state index is 0.832. The Morgan fingerprint density at radius 1 is 1.50 bits per heavy atom. The summed E-state index contributed by atoms with van der Waals surface area (Å²) >= 11 is 1.67. The first-order valence-corrected chi connectivity index (χ1v) is 6.99. The largest absolute Gasteiger partial charge is 0.290 e. The molecule has 2 heterocycles. The van der Waals surface area contributed by atoms with Crippen molar-refractivity contribution in [1.29, 1.82) is 0 Å². The summed E-state index contributed by atoms with van der Waals surface area (Å²) in [6.45, 7) is 8.89. The van der Waals surface area contributed by atoms with E-state index in [1.54, 1.807) is 11.3 Å². The quantitative estimate of drug-likeness (QED) is 0.834. The third-order valence-corrected chi connectivity index (χ3v) is 2.47. The second-order valence-electron chi connectivity index (χ2n) is 3.02. The molecule has 0 atom stereocenters. The average molecular weight is 266 g/mol. The molecule has 0 amide bonds. The van der Waals surface area contributed by atoms with Gasteiger partial charge in [-0.3, -0.25) is 10.4 Å². The van der Waals surface area contributed by atoms with Crippen LogP contribution in [0.15, 0.2) is 28.6 Å². The van der Waals surface area contributed by atoms with Crippen molar-refractivity contribution < 1.29 is 0 Å². The van der Waals surface area contributed by atoms with Crippen molar-refractivity contribution in [2.45, 2.75) is 34.1 Å². The molecule has 1 aromatic rings. The predicted octanol–water partition coefficient (Wildman–Crippen LogP) is 3.40. The van der Waals surface area contributed by atoms with Crippen LogP contribution in [0.2, 0.25) is 0 Å². The highest BCUT2D eigenvalue weighted by Crippen LogP contribution is 2.07. The van der Waals surface area contributed by atoms with Gasteiger partial charge in [-0.2, -0.15) is 5.10 Å². The monoisotopic (exact) mass is 266 g/mol. The molecule has 4 nitrogen and oxygen atoms in total. The Bertz CT molecular complexity index is 360. The number of nitrogens with zero attached hydrogens (tertiary/aromatic N) is 3. The van der Waals surface area contributed by atoms with Crippen LogP contribution in [-0.2, 0) is 0 Å². The lowest BCUT2D eigenvalue weighted by Crippen LogP contribution is -1.96. The number of allylic oxidation sites excluding steroid dienone is 1. The number of aryl methyl sites for hydroxylation is 1. The summed E-state index contributed by atoms with van der Waals surface area (Å²) in [5, 5.41) is 4.71. The second-order valence-corrected chi connectivity index (χ2v) is 4.28. The zero-order chi connectivity index (χ0) is 13.6. The predicted molar refractivity (Wildman–Crippen MR) is 81.7 cm³/mol. The summed E-state index contributed by atoms with van der Waals surface area (Å²) in [6, 6.07) is 0. The Kier molecular flexibility index (Phi) is 11.0. The van der Waals surface area contributed by atoms with Crippen molar-refractivity contribution in [3.8, 4) is 0 Å². The van der Waals surface area contributed by atoms with Gasteiger partial charge in [-0.1, -0.05) is 19.9 Å². The molecule has 0 radical (unpaired) electrons. The first-order valence-electron chi connectivity index (χ1n) is 6.17. The van der Waals surface area contributed by atoms with E-state index in [0.29, 0.717) is 0 Å². The molecule has 0 saturated carbocycles. The first kappa shape index (κ1) is 16.5. The zero-order valence-electron chi connectivity index (χ0n) is 11.6. The molecule has 0 bridgehead atoms. The molecular weight excluding hydrogens is 244 g/mol. The van der Waals surface area contributed by atoms with Crippen molar-refractivity contribution >= 4 is 23.8 Å². The number of nitrogens with one attached hydrogen (secondary N) is 1. The van der Waals surface area contributed by atoms with Gasteiger partial charge in [-0.05, 0) is 13.8 Å². The first-order chi connectivity index (χ1) is 8.83. The number of aromatic nitrogens is 1. The molecule has 1 aliphatic rings. The average Bonchev–Trinajstić information content (AvgIpc) is 2.87. The van der Waals surface area contributed by atoms with Crippen LogP contribution in [-0.4, -0.2) is 24.0 Å². The van der Waals surface area contributed by atoms with E-state index in [-0.39, 0.29) is 0 Å². The number of hydrogen-bond acceptors (Lipinski definition) is 5. The third kappa shape index (κ3) is 8.64. The van der Waals surface area contributed by atoms with Gasteiger partial charge in [-0.15, -0.1) is 11.3 Å². The molecule has 0 fully saturated rings. The maximum Gasteiger partial charge on any atom is 0.134 e. The fourth-order valence-electron chi connectivity index (χ4n) is 0.931. The Balaban J connectivity index is 0.000000308. The number of aliphatic imine (C=N–C) groups is 1. The molecular formula is C13H22N4S. The molecule has 0 aromatic carbocycles. The van der Waals surface area contributed by atoms with Crippen LogP contribution in [0.5, 0.6) is 0 Å². The number of hydrazone groups is 1. The molecule has 0 aliphatic carbocycles. The van der Waals surface area contributed by atoms with Crippen LogP contribution in [0.3, 0.4) is 0 Å².